The number of carbonyl (C=O) groups is 1. The lowest BCUT2D eigenvalue weighted by Crippen LogP contribution is -2.34. The van der Waals surface area contributed by atoms with Crippen molar-refractivity contribution in [1.82, 2.24) is 4.57 Å². The van der Waals surface area contributed by atoms with Gasteiger partial charge in [0.25, 0.3) is 5.56 Å². The molecular weight excluding hydrogens is 174 g/mol. The Bertz CT molecular complexity index is 466. The van der Waals surface area contributed by atoms with Crippen molar-refractivity contribution < 1.29 is 4.79 Å². The highest BCUT2D eigenvalue weighted by Crippen LogP contribution is 1.74. The Morgan fingerprint density at radius 3 is 2.50 bits per heavy atom. The van der Waals surface area contributed by atoms with Crippen LogP contribution < -0.4 is 14.8 Å². The molecule has 64 valence electrons. The molecule has 0 aliphatic rings. The molecule has 0 radical (unpaired) electrons. The second-order valence-corrected chi connectivity index (χ2v) is 3.42. The molecule has 1 heterocycles. The minimum Gasteiger partial charge on any atom is -0.274 e. The molecule has 3 nitrogen and oxygen atoms in total. The molecule has 0 amide bonds. The summed E-state index contributed by atoms with van der Waals surface area (Å²) in [4.78, 5) is 22.3. The van der Waals surface area contributed by atoms with E-state index < -0.39 is 0 Å². The Balaban J connectivity index is 3.74. The third kappa shape index (κ3) is 1.25. The van der Waals surface area contributed by atoms with Crippen LogP contribution in [0.25, 0.3) is 12.7 Å². The van der Waals surface area contributed by atoms with Crippen molar-refractivity contribution in [3.05, 3.63) is 19.5 Å². The molecule has 1 rings (SSSR count). The Labute approximate surface area is 73.3 Å². The van der Waals surface area contributed by atoms with E-state index in [0.29, 0.717) is 9.20 Å². The summed E-state index contributed by atoms with van der Waals surface area (Å²) >= 11 is 1.23. The lowest BCUT2D eigenvalue weighted by atomic mass is 10.6. The van der Waals surface area contributed by atoms with Crippen molar-refractivity contribution in [3.63, 3.8) is 0 Å². The number of rotatable bonds is 0. The van der Waals surface area contributed by atoms with Gasteiger partial charge in [-0.05, 0) is 6.92 Å². The highest BCUT2D eigenvalue weighted by Gasteiger charge is 2.04. The van der Waals surface area contributed by atoms with E-state index in [1.54, 1.807) is 13.0 Å². The predicted octanol–water partition coefficient (Wildman–Crippen LogP) is -0.219. The zero-order chi connectivity index (χ0) is 9.30. The summed E-state index contributed by atoms with van der Waals surface area (Å²) in [6, 6.07) is 0. The van der Waals surface area contributed by atoms with Crippen LogP contribution in [0.15, 0.2) is 4.79 Å². The molecule has 0 aliphatic carbocycles. The maximum absolute atomic E-state index is 11.3. The van der Waals surface area contributed by atoms with Crippen molar-refractivity contribution in [2.45, 2.75) is 13.8 Å². The number of thiazole rings is 1. The minimum absolute atomic E-state index is 0.264. The monoisotopic (exact) mass is 183 g/mol. The van der Waals surface area contributed by atoms with Crippen molar-refractivity contribution in [2.24, 2.45) is 0 Å². The van der Waals surface area contributed by atoms with Crippen LogP contribution in [0.3, 0.4) is 0 Å². The second-order valence-electron chi connectivity index (χ2n) is 2.31. The Hall–Kier alpha value is -1.16. The molecule has 0 saturated heterocycles. The third-order valence-electron chi connectivity index (χ3n) is 1.47. The summed E-state index contributed by atoms with van der Waals surface area (Å²) in [6.07, 6.45) is 1.68. The van der Waals surface area contributed by atoms with Crippen LogP contribution in [0.1, 0.15) is 18.6 Å². The van der Waals surface area contributed by atoms with Crippen LogP contribution in [0, 0.1) is 0 Å². The molecule has 0 atom stereocenters. The van der Waals surface area contributed by atoms with Gasteiger partial charge < -0.3 is 0 Å². The lowest BCUT2D eigenvalue weighted by Gasteiger charge is -1.89. The van der Waals surface area contributed by atoms with Gasteiger partial charge in [0, 0.05) is 6.92 Å². The van der Waals surface area contributed by atoms with E-state index in [9.17, 15) is 9.59 Å². The Morgan fingerprint density at radius 2 is 2.25 bits per heavy atom. The van der Waals surface area contributed by atoms with Gasteiger partial charge in [0.05, 0.1) is 9.20 Å². The topological polar surface area (TPSA) is 39.1 Å². The van der Waals surface area contributed by atoms with Crippen molar-refractivity contribution in [2.75, 3.05) is 0 Å². The van der Waals surface area contributed by atoms with Crippen molar-refractivity contribution in [3.8, 4) is 0 Å². The number of aromatic nitrogens is 1. The van der Waals surface area contributed by atoms with Crippen molar-refractivity contribution in [1.29, 1.82) is 0 Å². The van der Waals surface area contributed by atoms with Crippen LogP contribution in [0.5, 0.6) is 0 Å². The van der Waals surface area contributed by atoms with Gasteiger partial charge in [0.1, 0.15) is 0 Å². The standard InChI is InChI=1S/C8H9NO2S/c1-4-7-8(11)9(5(2)10)6(3)12-7/h4H,3H2,1-2H3/b7-4+. The molecule has 0 fully saturated rings. The average molecular weight is 183 g/mol. The van der Waals surface area contributed by atoms with Gasteiger partial charge in [-0.2, -0.15) is 0 Å². The first-order valence-corrected chi connectivity index (χ1v) is 4.27. The van der Waals surface area contributed by atoms with E-state index in [0.717, 1.165) is 4.57 Å². The van der Waals surface area contributed by atoms with Gasteiger partial charge in [-0.15, -0.1) is 11.3 Å². The molecule has 0 aromatic carbocycles. The number of hydrogen-bond acceptors (Lipinski definition) is 3. The third-order valence-corrected chi connectivity index (χ3v) is 2.52. The van der Waals surface area contributed by atoms with E-state index in [1.165, 1.54) is 18.3 Å². The van der Waals surface area contributed by atoms with E-state index in [-0.39, 0.29) is 11.5 Å². The smallest absolute Gasteiger partial charge is 0.274 e. The highest BCUT2D eigenvalue weighted by atomic mass is 32.1. The van der Waals surface area contributed by atoms with E-state index in [2.05, 4.69) is 6.58 Å². The Morgan fingerprint density at radius 1 is 1.67 bits per heavy atom. The first kappa shape index (κ1) is 8.93. The van der Waals surface area contributed by atoms with E-state index in [4.69, 9.17) is 0 Å². The molecular formula is C8H9NO2S. The fraction of sp³-hybridized carbons (Fsp3) is 0.250. The highest BCUT2D eigenvalue weighted by molar-refractivity contribution is 7.07. The summed E-state index contributed by atoms with van der Waals surface area (Å²) in [5.74, 6) is -0.283. The molecule has 0 N–H and O–H groups in total. The summed E-state index contributed by atoms with van der Waals surface area (Å²) in [6.45, 7) is 6.72. The van der Waals surface area contributed by atoms with Crippen LogP contribution in [0.4, 0.5) is 0 Å². The van der Waals surface area contributed by atoms with Crippen LogP contribution in [-0.4, -0.2) is 10.5 Å². The van der Waals surface area contributed by atoms with E-state index in [1.807, 2.05) is 0 Å². The normalized spacial score (nSPS) is 12.0. The molecule has 12 heavy (non-hydrogen) atoms. The Kier molecular flexibility index (Phi) is 2.28. The SMILES string of the molecule is C=c1s/c(=C/C)c(=O)n1C(C)=O. The van der Waals surface area contributed by atoms with Gasteiger partial charge in [0.15, 0.2) is 0 Å². The predicted molar refractivity (Wildman–Crippen MR) is 49.8 cm³/mol. The maximum Gasteiger partial charge on any atom is 0.275 e. The van der Waals surface area contributed by atoms with Gasteiger partial charge >= 0.3 is 0 Å². The zero-order valence-electron chi connectivity index (χ0n) is 6.96. The number of hydrogen-bond donors (Lipinski definition) is 0. The number of carbonyl (C=O) groups excluding carboxylic acids is 1. The second kappa shape index (κ2) is 3.06. The van der Waals surface area contributed by atoms with Crippen LogP contribution in [-0.2, 0) is 0 Å². The van der Waals surface area contributed by atoms with Crippen molar-refractivity contribution >= 4 is 29.9 Å². The molecule has 4 heteroatoms. The van der Waals surface area contributed by atoms with Crippen LogP contribution >= 0.6 is 11.3 Å². The summed E-state index contributed by atoms with van der Waals surface area (Å²) < 4.78 is 2.14. The van der Waals surface area contributed by atoms with Gasteiger partial charge in [-0.25, -0.2) is 4.57 Å². The molecule has 1 aromatic heterocycles. The fourth-order valence-corrected chi connectivity index (χ4v) is 1.79. The lowest BCUT2D eigenvalue weighted by molar-refractivity contribution is 0.0931. The average Bonchev–Trinajstić information content (AvgIpc) is 2.25. The first-order chi connectivity index (χ1) is 5.57. The molecule has 1 aromatic rings. The molecule has 0 spiro atoms. The minimum atomic E-state index is -0.283. The fourth-order valence-electron chi connectivity index (χ4n) is 0.941. The zero-order valence-corrected chi connectivity index (χ0v) is 7.77. The summed E-state index contributed by atoms with van der Waals surface area (Å²) in [5, 5.41) is 0. The molecule has 0 saturated carbocycles. The number of nitrogens with zero attached hydrogens (tertiary/aromatic N) is 1. The maximum atomic E-state index is 11.3. The van der Waals surface area contributed by atoms with Gasteiger partial charge in [0.2, 0.25) is 5.91 Å². The van der Waals surface area contributed by atoms with E-state index >= 15 is 0 Å². The molecule has 0 unspecified atom stereocenters. The van der Waals surface area contributed by atoms with Gasteiger partial charge in [-0.1, -0.05) is 12.7 Å². The van der Waals surface area contributed by atoms with Crippen LogP contribution in [0.2, 0.25) is 0 Å². The first-order valence-electron chi connectivity index (χ1n) is 3.46. The largest absolute Gasteiger partial charge is 0.275 e. The summed E-state index contributed by atoms with van der Waals surface area (Å²) in [7, 11) is 0. The van der Waals surface area contributed by atoms with Gasteiger partial charge in [-0.3, -0.25) is 9.59 Å². The summed E-state index contributed by atoms with van der Waals surface area (Å²) in [5.41, 5.74) is -0.264. The molecule has 0 bridgehead atoms. The quantitative estimate of drug-likeness (QED) is 0.558. The molecule has 0 aliphatic heterocycles.